The standard InChI is InChI=1S/C22H22F3N5O/c1-14-2-7-20(26-10-14)30-9-8-18-17(11-30)21(28-13-27-18)29-19(12-31)15-3-5-16(6-4-15)22(23,24)25/h2-7,10,13,19,31H,8-9,11-12H2,1H3,(H,27,28,29)/t19-/m1/s1. The number of rotatable bonds is 5. The molecule has 0 fully saturated rings. The fourth-order valence-corrected chi connectivity index (χ4v) is 3.61. The number of aryl methyl sites for hydroxylation is 1. The minimum Gasteiger partial charge on any atom is -0.394 e. The first-order valence-corrected chi connectivity index (χ1v) is 9.90. The third-order valence-corrected chi connectivity index (χ3v) is 5.36. The van der Waals surface area contributed by atoms with E-state index in [1.54, 1.807) is 0 Å². The first-order valence-electron chi connectivity index (χ1n) is 9.90. The van der Waals surface area contributed by atoms with Crippen LogP contribution in [0.15, 0.2) is 48.9 Å². The SMILES string of the molecule is Cc1ccc(N2CCc3ncnc(N[C@H](CO)c4ccc(C(F)(F)F)cc4)c3C2)nc1. The van der Waals surface area contributed by atoms with Crippen molar-refractivity contribution in [1.29, 1.82) is 0 Å². The van der Waals surface area contributed by atoms with Gasteiger partial charge in [0.15, 0.2) is 0 Å². The lowest BCUT2D eigenvalue weighted by molar-refractivity contribution is -0.137. The van der Waals surface area contributed by atoms with Crippen LogP contribution in [0.3, 0.4) is 0 Å². The van der Waals surface area contributed by atoms with Gasteiger partial charge in [-0.3, -0.25) is 0 Å². The number of aliphatic hydroxyl groups is 1. The monoisotopic (exact) mass is 429 g/mol. The number of hydrogen-bond donors (Lipinski definition) is 2. The molecule has 0 unspecified atom stereocenters. The molecule has 0 amide bonds. The predicted molar refractivity (Wildman–Crippen MR) is 111 cm³/mol. The van der Waals surface area contributed by atoms with E-state index in [9.17, 15) is 18.3 Å². The van der Waals surface area contributed by atoms with Gasteiger partial charge in [-0.2, -0.15) is 13.2 Å². The minimum absolute atomic E-state index is 0.298. The van der Waals surface area contributed by atoms with Crippen LogP contribution in [-0.4, -0.2) is 33.2 Å². The summed E-state index contributed by atoms with van der Waals surface area (Å²) in [7, 11) is 0. The van der Waals surface area contributed by atoms with Crippen LogP contribution >= 0.6 is 0 Å². The molecule has 0 saturated carbocycles. The normalized spacial score (nSPS) is 14.8. The molecular formula is C22H22F3N5O. The second-order valence-electron chi connectivity index (χ2n) is 7.51. The molecule has 3 heterocycles. The minimum atomic E-state index is -4.40. The summed E-state index contributed by atoms with van der Waals surface area (Å²) in [5, 5.41) is 13.1. The van der Waals surface area contributed by atoms with Crippen LogP contribution in [0.5, 0.6) is 0 Å². The fraction of sp³-hybridized carbons (Fsp3) is 0.318. The topological polar surface area (TPSA) is 74.2 Å². The number of hydrogen-bond acceptors (Lipinski definition) is 6. The molecule has 31 heavy (non-hydrogen) atoms. The van der Waals surface area contributed by atoms with Gasteiger partial charge in [-0.05, 0) is 36.2 Å². The average Bonchev–Trinajstić information content (AvgIpc) is 2.77. The maximum atomic E-state index is 12.8. The molecule has 162 valence electrons. The van der Waals surface area contributed by atoms with Gasteiger partial charge in [0, 0.05) is 31.3 Å². The van der Waals surface area contributed by atoms with E-state index in [4.69, 9.17) is 0 Å². The summed E-state index contributed by atoms with van der Waals surface area (Å²) in [5.41, 5.74) is 2.69. The Balaban J connectivity index is 1.57. The van der Waals surface area contributed by atoms with Gasteiger partial charge in [0.25, 0.3) is 0 Å². The molecule has 9 heteroatoms. The zero-order chi connectivity index (χ0) is 22.0. The molecule has 3 aromatic rings. The van der Waals surface area contributed by atoms with Crippen LogP contribution in [0, 0.1) is 6.92 Å². The third-order valence-electron chi connectivity index (χ3n) is 5.36. The average molecular weight is 429 g/mol. The van der Waals surface area contributed by atoms with E-state index in [1.165, 1.54) is 18.5 Å². The van der Waals surface area contributed by atoms with Crippen LogP contribution < -0.4 is 10.2 Å². The Morgan fingerprint density at radius 2 is 1.87 bits per heavy atom. The number of nitrogens with one attached hydrogen (secondary N) is 1. The Kier molecular flexibility index (Phi) is 5.77. The van der Waals surface area contributed by atoms with Crippen LogP contribution in [-0.2, 0) is 19.1 Å². The second-order valence-corrected chi connectivity index (χ2v) is 7.51. The number of aliphatic hydroxyl groups excluding tert-OH is 1. The summed E-state index contributed by atoms with van der Waals surface area (Å²) in [4.78, 5) is 15.3. The Morgan fingerprint density at radius 3 is 2.52 bits per heavy atom. The molecular weight excluding hydrogens is 407 g/mol. The van der Waals surface area contributed by atoms with Crippen molar-refractivity contribution >= 4 is 11.6 Å². The summed E-state index contributed by atoms with van der Waals surface area (Å²) in [6.45, 7) is 2.99. The quantitative estimate of drug-likeness (QED) is 0.641. The summed E-state index contributed by atoms with van der Waals surface area (Å²) >= 11 is 0. The van der Waals surface area contributed by atoms with Gasteiger partial charge >= 0.3 is 6.18 Å². The van der Waals surface area contributed by atoms with Crippen LogP contribution in [0.2, 0.25) is 0 Å². The molecule has 1 aromatic carbocycles. The van der Waals surface area contributed by atoms with Crippen molar-refractivity contribution in [3.05, 3.63) is 76.9 Å². The highest BCUT2D eigenvalue weighted by Crippen LogP contribution is 2.31. The number of alkyl halides is 3. The van der Waals surface area contributed by atoms with Crippen molar-refractivity contribution in [3.63, 3.8) is 0 Å². The number of pyridine rings is 1. The Bertz CT molecular complexity index is 1040. The molecule has 4 rings (SSSR count). The maximum absolute atomic E-state index is 12.8. The highest BCUT2D eigenvalue weighted by Gasteiger charge is 2.30. The molecule has 1 aliphatic rings. The van der Waals surface area contributed by atoms with Crippen LogP contribution in [0.25, 0.3) is 0 Å². The van der Waals surface area contributed by atoms with Gasteiger partial charge < -0.3 is 15.3 Å². The van der Waals surface area contributed by atoms with Crippen molar-refractivity contribution in [2.75, 3.05) is 23.4 Å². The Hall–Kier alpha value is -3.20. The van der Waals surface area contributed by atoms with Crippen LogP contribution in [0.4, 0.5) is 24.8 Å². The van der Waals surface area contributed by atoms with E-state index in [-0.39, 0.29) is 6.61 Å². The molecule has 1 aliphatic heterocycles. The van der Waals surface area contributed by atoms with Crippen molar-refractivity contribution < 1.29 is 18.3 Å². The molecule has 0 bridgehead atoms. The highest BCUT2D eigenvalue weighted by atomic mass is 19.4. The van der Waals surface area contributed by atoms with Crippen molar-refractivity contribution in [1.82, 2.24) is 15.0 Å². The van der Waals surface area contributed by atoms with Gasteiger partial charge in [0.1, 0.15) is 18.0 Å². The number of anilines is 2. The summed E-state index contributed by atoms with van der Waals surface area (Å²) in [6, 6.07) is 8.13. The molecule has 0 radical (unpaired) electrons. The lowest BCUT2D eigenvalue weighted by atomic mass is 10.0. The van der Waals surface area contributed by atoms with E-state index in [1.807, 2.05) is 25.3 Å². The molecule has 2 aromatic heterocycles. The smallest absolute Gasteiger partial charge is 0.394 e. The van der Waals surface area contributed by atoms with Crippen LogP contribution in [0.1, 0.15) is 34.0 Å². The summed E-state index contributed by atoms with van der Waals surface area (Å²) < 4.78 is 38.5. The lowest BCUT2D eigenvalue weighted by Crippen LogP contribution is -2.33. The van der Waals surface area contributed by atoms with E-state index in [2.05, 4.69) is 25.2 Å². The Labute approximate surface area is 177 Å². The van der Waals surface area contributed by atoms with E-state index in [0.29, 0.717) is 24.3 Å². The largest absolute Gasteiger partial charge is 0.416 e. The summed E-state index contributed by atoms with van der Waals surface area (Å²) in [5.74, 6) is 1.41. The van der Waals surface area contributed by atoms with E-state index < -0.39 is 17.8 Å². The molecule has 1 atom stereocenters. The molecule has 6 nitrogen and oxygen atoms in total. The molecule has 2 N–H and O–H groups in total. The third kappa shape index (κ3) is 4.61. The number of aromatic nitrogens is 3. The van der Waals surface area contributed by atoms with Crippen molar-refractivity contribution in [2.45, 2.75) is 32.1 Å². The van der Waals surface area contributed by atoms with Gasteiger partial charge in [-0.15, -0.1) is 0 Å². The number of benzene rings is 1. The highest BCUT2D eigenvalue weighted by molar-refractivity contribution is 5.53. The molecule has 0 spiro atoms. The number of fused-ring (bicyclic) bond motifs is 1. The molecule has 0 saturated heterocycles. The van der Waals surface area contributed by atoms with Gasteiger partial charge in [-0.1, -0.05) is 18.2 Å². The van der Waals surface area contributed by atoms with E-state index in [0.717, 1.165) is 41.3 Å². The predicted octanol–water partition coefficient (Wildman–Crippen LogP) is 3.91. The first-order chi connectivity index (χ1) is 14.8. The van der Waals surface area contributed by atoms with Gasteiger partial charge in [0.05, 0.1) is 23.9 Å². The Morgan fingerprint density at radius 1 is 1.10 bits per heavy atom. The first kappa shape index (κ1) is 21.0. The van der Waals surface area contributed by atoms with E-state index >= 15 is 0 Å². The second kappa shape index (κ2) is 8.50. The number of nitrogens with zero attached hydrogens (tertiary/aromatic N) is 4. The van der Waals surface area contributed by atoms with Gasteiger partial charge in [-0.25, -0.2) is 15.0 Å². The lowest BCUT2D eigenvalue weighted by Gasteiger charge is -2.31. The van der Waals surface area contributed by atoms with Gasteiger partial charge in [0.2, 0.25) is 0 Å². The maximum Gasteiger partial charge on any atom is 0.416 e. The molecule has 0 aliphatic carbocycles. The van der Waals surface area contributed by atoms with Crippen molar-refractivity contribution in [3.8, 4) is 0 Å². The van der Waals surface area contributed by atoms with Crippen molar-refractivity contribution in [2.24, 2.45) is 0 Å². The zero-order valence-electron chi connectivity index (χ0n) is 16.9. The fourth-order valence-electron chi connectivity index (χ4n) is 3.61. The zero-order valence-corrected chi connectivity index (χ0v) is 16.9. The summed E-state index contributed by atoms with van der Waals surface area (Å²) in [6.07, 6.45) is -0.411. The number of halogens is 3.